The molecule has 0 aliphatic carbocycles. The zero-order valence-electron chi connectivity index (χ0n) is 20.4. The molecule has 2 aromatic carbocycles. The standard InChI is InChI=1S/C28H33FN2O4/c1-19(2)27-26(32)25-23(7-6-8-24(25)35-27)34-18-5-3-4-15-31-16-13-22(14-17-31)30-28(33)20-9-11-21(29)12-10-20/h6-12,22H,3-5,13-18H2,1-2H3,(H,30,33). The van der Waals surface area contributed by atoms with E-state index in [1.807, 2.05) is 26.0 Å². The van der Waals surface area contributed by atoms with Gasteiger partial charge in [0.2, 0.25) is 5.78 Å². The number of hydrogen-bond donors (Lipinski definition) is 1. The van der Waals surface area contributed by atoms with Crippen molar-refractivity contribution >= 4 is 11.7 Å². The Morgan fingerprint density at radius 1 is 1.09 bits per heavy atom. The summed E-state index contributed by atoms with van der Waals surface area (Å²) in [4.78, 5) is 27.4. The molecule has 1 amide bonds. The minimum absolute atomic E-state index is 0.104. The van der Waals surface area contributed by atoms with E-state index >= 15 is 0 Å². The van der Waals surface area contributed by atoms with E-state index in [0.717, 1.165) is 57.3 Å². The summed E-state index contributed by atoms with van der Waals surface area (Å²) in [5.74, 6) is 0.975. The van der Waals surface area contributed by atoms with Gasteiger partial charge in [0.15, 0.2) is 5.76 Å². The topological polar surface area (TPSA) is 67.9 Å². The molecule has 35 heavy (non-hydrogen) atoms. The van der Waals surface area contributed by atoms with Crippen LogP contribution in [0.2, 0.25) is 0 Å². The molecule has 0 bridgehead atoms. The number of hydrogen-bond acceptors (Lipinski definition) is 5. The van der Waals surface area contributed by atoms with Gasteiger partial charge >= 0.3 is 0 Å². The fraction of sp³-hybridized carbons (Fsp3) is 0.429. The fourth-order valence-corrected chi connectivity index (χ4v) is 4.51. The maximum absolute atomic E-state index is 13.0. The third-order valence-corrected chi connectivity index (χ3v) is 6.49. The second kappa shape index (κ2) is 11.5. The van der Waals surface area contributed by atoms with Gasteiger partial charge in [0.05, 0.1) is 6.61 Å². The molecule has 2 heterocycles. The fourth-order valence-electron chi connectivity index (χ4n) is 4.51. The molecule has 186 valence electrons. The lowest BCUT2D eigenvalue weighted by Crippen LogP contribution is -2.44. The van der Waals surface area contributed by atoms with Crippen LogP contribution in [-0.4, -0.2) is 48.9 Å². The maximum Gasteiger partial charge on any atom is 0.251 e. The molecule has 1 N–H and O–H groups in total. The first-order chi connectivity index (χ1) is 16.9. The lowest BCUT2D eigenvalue weighted by molar-refractivity contribution is 0.0910. The SMILES string of the molecule is CC(C)=C1Oc2cccc(OCCCCCN3CCC(NC(=O)c4ccc(F)cc4)CC3)c2C1=O. The number of benzene rings is 2. The first-order valence-electron chi connectivity index (χ1n) is 12.4. The summed E-state index contributed by atoms with van der Waals surface area (Å²) in [6.07, 6.45) is 4.86. The number of carbonyl (C=O) groups is 2. The number of Topliss-reactive ketones (excluding diaryl/α,β-unsaturated/α-hetero) is 1. The Morgan fingerprint density at radius 2 is 1.83 bits per heavy atom. The monoisotopic (exact) mass is 480 g/mol. The van der Waals surface area contributed by atoms with Crippen molar-refractivity contribution < 1.29 is 23.5 Å². The van der Waals surface area contributed by atoms with Crippen LogP contribution in [0.1, 0.15) is 66.7 Å². The van der Waals surface area contributed by atoms with Crippen molar-refractivity contribution in [1.82, 2.24) is 10.2 Å². The Labute approximate surface area is 206 Å². The molecule has 0 atom stereocenters. The largest absolute Gasteiger partial charge is 0.493 e. The van der Waals surface area contributed by atoms with Gasteiger partial charge in [-0.05, 0) is 94.5 Å². The number of ketones is 1. The Kier molecular flexibility index (Phi) is 8.18. The van der Waals surface area contributed by atoms with Crippen molar-refractivity contribution in [2.45, 2.75) is 52.0 Å². The molecule has 2 aromatic rings. The van der Waals surface area contributed by atoms with Gasteiger partial charge in [-0.1, -0.05) is 6.07 Å². The van der Waals surface area contributed by atoms with Crippen LogP contribution in [0.25, 0.3) is 0 Å². The summed E-state index contributed by atoms with van der Waals surface area (Å²) in [7, 11) is 0. The number of halogens is 1. The molecule has 6 nitrogen and oxygen atoms in total. The van der Waals surface area contributed by atoms with E-state index in [9.17, 15) is 14.0 Å². The second-order valence-electron chi connectivity index (χ2n) is 9.39. The number of ether oxygens (including phenoxy) is 2. The lowest BCUT2D eigenvalue weighted by atomic mass is 10.0. The highest BCUT2D eigenvalue weighted by molar-refractivity contribution is 6.14. The quantitative estimate of drug-likeness (QED) is 0.398. The molecule has 7 heteroatoms. The Hall–Kier alpha value is -3.19. The van der Waals surface area contributed by atoms with E-state index in [-0.39, 0.29) is 23.5 Å². The Morgan fingerprint density at radius 3 is 2.54 bits per heavy atom. The number of piperidine rings is 1. The number of likely N-dealkylation sites (tertiary alicyclic amines) is 1. The van der Waals surface area contributed by atoms with Gasteiger partial charge in [-0.15, -0.1) is 0 Å². The Balaban J connectivity index is 1.12. The van der Waals surface area contributed by atoms with Gasteiger partial charge in [0, 0.05) is 24.7 Å². The molecule has 0 aromatic heterocycles. The number of rotatable bonds is 9. The van der Waals surface area contributed by atoms with Crippen LogP contribution in [-0.2, 0) is 0 Å². The molecular weight excluding hydrogens is 447 g/mol. The number of carbonyl (C=O) groups excluding carboxylic acids is 2. The third-order valence-electron chi connectivity index (χ3n) is 6.49. The second-order valence-corrected chi connectivity index (χ2v) is 9.39. The Bertz CT molecular complexity index is 1080. The van der Waals surface area contributed by atoms with Crippen LogP contribution in [0, 0.1) is 5.82 Å². The average molecular weight is 481 g/mol. The highest BCUT2D eigenvalue weighted by atomic mass is 19.1. The molecule has 0 spiro atoms. The van der Waals surface area contributed by atoms with E-state index in [0.29, 0.717) is 35.0 Å². The van der Waals surface area contributed by atoms with Gasteiger partial charge in [-0.3, -0.25) is 9.59 Å². The van der Waals surface area contributed by atoms with Gasteiger partial charge < -0.3 is 19.7 Å². The van der Waals surface area contributed by atoms with Gasteiger partial charge in [0.25, 0.3) is 5.91 Å². The molecular formula is C28H33FN2O4. The normalized spacial score (nSPS) is 16.1. The molecule has 1 fully saturated rings. The number of unbranched alkanes of at least 4 members (excludes halogenated alkanes) is 2. The van der Waals surface area contributed by atoms with Crippen LogP contribution in [0.3, 0.4) is 0 Å². The van der Waals surface area contributed by atoms with Crippen LogP contribution in [0.15, 0.2) is 53.8 Å². The van der Waals surface area contributed by atoms with E-state index in [1.54, 1.807) is 6.07 Å². The van der Waals surface area contributed by atoms with Crippen molar-refractivity contribution in [2.24, 2.45) is 0 Å². The van der Waals surface area contributed by atoms with Crippen LogP contribution in [0.5, 0.6) is 11.5 Å². The predicted molar refractivity (Wildman–Crippen MR) is 132 cm³/mol. The minimum Gasteiger partial charge on any atom is -0.493 e. The van der Waals surface area contributed by atoms with Crippen molar-refractivity contribution in [1.29, 1.82) is 0 Å². The zero-order chi connectivity index (χ0) is 24.8. The number of amides is 1. The predicted octanol–water partition coefficient (Wildman–Crippen LogP) is 5.14. The van der Waals surface area contributed by atoms with E-state index in [1.165, 1.54) is 24.3 Å². The molecule has 0 unspecified atom stereocenters. The first kappa shape index (κ1) is 24.9. The van der Waals surface area contributed by atoms with Crippen molar-refractivity contribution in [3.8, 4) is 11.5 Å². The summed E-state index contributed by atoms with van der Waals surface area (Å²) in [5.41, 5.74) is 1.88. The summed E-state index contributed by atoms with van der Waals surface area (Å²) in [6.45, 7) is 7.23. The van der Waals surface area contributed by atoms with Crippen LogP contribution >= 0.6 is 0 Å². The number of nitrogens with one attached hydrogen (secondary N) is 1. The van der Waals surface area contributed by atoms with Gasteiger partial charge in [0.1, 0.15) is 22.9 Å². The van der Waals surface area contributed by atoms with E-state index in [2.05, 4.69) is 10.2 Å². The van der Waals surface area contributed by atoms with Gasteiger partial charge in [-0.25, -0.2) is 4.39 Å². The molecule has 4 rings (SSSR count). The summed E-state index contributed by atoms with van der Waals surface area (Å²) >= 11 is 0. The van der Waals surface area contributed by atoms with Crippen LogP contribution < -0.4 is 14.8 Å². The summed E-state index contributed by atoms with van der Waals surface area (Å²) < 4.78 is 24.7. The van der Waals surface area contributed by atoms with E-state index < -0.39 is 0 Å². The zero-order valence-corrected chi connectivity index (χ0v) is 20.4. The first-order valence-corrected chi connectivity index (χ1v) is 12.4. The van der Waals surface area contributed by atoms with Crippen molar-refractivity contribution in [3.05, 3.63) is 70.7 Å². The average Bonchev–Trinajstić information content (AvgIpc) is 3.20. The molecule has 1 saturated heterocycles. The third kappa shape index (κ3) is 6.28. The summed E-state index contributed by atoms with van der Waals surface area (Å²) in [6, 6.07) is 11.3. The lowest BCUT2D eigenvalue weighted by Gasteiger charge is -2.32. The molecule has 0 saturated carbocycles. The van der Waals surface area contributed by atoms with Gasteiger partial charge in [-0.2, -0.15) is 0 Å². The van der Waals surface area contributed by atoms with Crippen LogP contribution in [0.4, 0.5) is 4.39 Å². The molecule has 2 aliphatic heterocycles. The van der Waals surface area contributed by atoms with E-state index in [4.69, 9.17) is 9.47 Å². The molecule has 0 radical (unpaired) electrons. The molecule has 2 aliphatic rings. The van der Waals surface area contributed by atoms with Crippen molar-refractivity contribution in [3.63, 3.8) is 0 Å². The van der Waals surface area contributed by atoms with Crippen molar-refractivity contribution in [2.75, 3.05) is 26.2 Å². The summed E-state index contributed by atoms with van der Waals surface area (Å²) in [5, 5.41) is 3.06. The highest BCUT2D eigenvalue weighted by Crippen LogP contribution is 2.38. The minimum atomic E-state index is -0.340. The number of nitrogens with zero attached hydrogens (tertiary/aromatic N) is 1. The smallest absolute Gasteiger partial charge is 0.251 e. The highest BCUT2D eigenvalue weighted by Gasteiger charge is 2.31. The number of fused-ring (bicyclic) bond motifs is 1. The maximum atomic E-state index is 13.0. The number of allylic oxidation sites excluding steroid dienone is 2.